The van der Waals surface area contributed by atoms with Crippen molar-refractivity contribution in [3.05, 3.63) is 35.4 Å². The molecule has 0 aliphatic heterocycles. The van der Waals surface area contributed by atoms with Gasteiger partial charge in [-0.15, -0.1) is 0 Å². The third kappa shape index (κ3) is 4.45. The van der Waals surface area contributed by atoms with Gasteiger partial charge in [-0.3, -0.25) is 4.79 Å². The fourth-order valence-corrected chi connectivity index (χ4v) is 2.05. The number of benzene rings is 1. The molecule has 18 heavy (non-hydrogen) atoms. The third-order valence-corrected chi connectivity index (χ3v) is 3.07. The first-order valence-corrected chi connectivity index (χ1v) is 6.58. The van der Waals surface area contributed by atoms with E-state index in [0.29, 0.717) is 13.0 Å². The van der Waals surface area contributed by atoms with Crippen molar-refractivity contribution in [3.8, 4) is 0 Å². The molecule has 1 unspecified atom stereocenters. The van der Waals surface area contributed by atoms with E-state index in [1.54, 1.807) is 0 Å². The number of rotatable bonds is 6. The lowest BCUT2D eigenvalue weighted by Gasteiger charge is -2.14. The van der Waals surface area contributed by atoms with Crippen LogP contribution in [0.5, 0.6) is 0 Å². The second kappa shape index (κ2) is 7.11. The minimum Gasteiger partial charge on any atom is -0.393 e. The lowest BCUT2D eigenvalue weighted by molar-refractivity contribution is -0.123. The van der Waals surface area contributed by atoms with Gasteiger partial charge in [0.15, 0.2) is 0 Å². The average Bonchev–Trinajstić information content (AvgIpc) is 2.32. The Hall–Kier alpha value is -1.42. The molecule has 1 aromatic rings. The quantitative estimate of drug-likeness (QED) is 0.775. The van der Waals surface area contributed by atoms with Crippen LogP contribution in [0.15, 0.2) is 24.3 Å². The number of aryl methyl sites for hydroxylation is 1. The molecule has 0 saturated heterocycles. The predicted molar refractivity (Wildman–Crippen MR) is 78.2 cm³/mol. The van der Waals surface area contributed by atoms with Crippen LogP contribution in [0.25, 0.3) is 0 Å². The molecule has 0 aliphatic carbocycles. The summed E-state index contributed by atoms with van der Waals surface area (Å²) in [4.78, 5) is 12.2. The maximum absolute atomic E-state index is 12.0. The van der Waals surface area contributed by atoms with Crippen molar-refractivity contribution in [3.63, 3.8) is 0 Å². The van der Waals surface area contributed by atoms with E-state index in [2.05, 4.69) is 11.4 Å². The van der Waals surface area contributed by atoms with Crippen LogP contribution in [0.2, 0.25) is 0 Å². The molecule has 3 nitrogen and oxygen atoms in total. The standard InChI is InChI=1S/C14H20N2OS/c1-3-5-12(13(15)18)14(17)16-9-11-7-4-6-10(2)8-11/h4,6-8,12H,3,5,9H2,1-2H3,(H2,15,18)(H,16,17). The van der Waals surface area contributed by atoms with Gasteiger partial charge in [-0.1, -0.05) is 55.4 Å². The van der Waals surface area contributed by atoms with Gasteiger partial charge in [0.1, 0.15) is 0 Å². The molecule has 1 amide bonds. The smallest absolute Gasteiger partial charge is 0.230 e. The fraction of sp³-hybridized carbons (Fsp3) is 0.429. The van der Waals surface area contributed by atoms with Crippen molar-refractivity contribution < 1.29 is 4.79 Å². The van der Waals surface area contributed by atoms with Gasteiger partial charge in [-0.2, -0.15) is 0 Å². The molecule has 1 aromatic carbocycles. The molecule has 0 aliphatic rings. The van der Waals surface area contributed by atoms with Crippen molar-refractivity contribution in [1.82, 2.24) is 5.32 Å². The van der Waals surface area contributed by atoms with Gasteiger partial charge in [-0.25, -0.2) is 0 Å². The maximum atomic E-state index is 12.0. The zero-order valence-corrected chi connectivity index (χ0v) is 11.7. The summed E-state index contributed by atoms with van der Waals surface area (Å²) in [7, 11) is 0. The van der Waals surface area contributed by atoms with E-state index in [1.807, 2.05) is 32.0 Å². The van der Waals surface area contributed by atoms with Crippen molar-refractivity contribution in [2.45, 2.75) is 33.2 Å². The van der Waals surface area contributed by atoms with Crippen LogP contribution in [-0.2, 0) is 11.3 Å². The molecule has 0 radical (unpaired) electrons. The number of nitrogens with two attached hydrogens (primary N) is 1. The lowest BCUT2D eigenvalue weighted by Crippen LogP contribution is -2.37. The molecule has 4 heteroatoms. The first kappa shape index (κ1) is 14.6. The Morgan fingerprint density at radius 1 is 1.50 bits per heavy atom. The SMILES string of the molecule is CCCC(C(=O)NCc1cccc(C)c1)C(N)=S. The largest absolute Gasteiger partial charge is 0.393 e. The van der Waals surface area contributed by atoms with Crippen LogP contribution in [0.4, 0.5) is 0 Å². The molecule has 0 aromatic heterocycles. The number of carbonyl (C=O) groups is 1. The van der Waals surface area contributed by atoms with Crippen LogP contribution in [0.1, 0.15) is 30.9 Å². The highest BCUT2D eigenvalue weighted by atomic mass is 32.1. The van der Waals surface area contributed by atoms with Crippen LogP contribution >= 0.6 is 12.2 Å². The van der Waals surface area contributed by atoms with E-state index in [-0.39, 0.29) is 16.8 Å². The zero-order valence-electron chi connectivity index (χ0n) is 10.9. The molecule has 1 rings (SSSR count). The Labute approximate surface area is 114 Å². The minimum atomic E-state index is -0.352. The van der Waals surface area contributed by atoms with Gasteiger partial charge in [0.05, 0.1) is 10.9 Å². The Balaban J connectivity index is 2.56. The first-order chi connectivity index (χ1) is 8.54. The zero-order chi connectivity index (χ0) is 13.5. The van der Waals surface area contributed by atoms with Crippen molar-refractivity contribution in [2.24, 2.45) is 11.7 Å². The molecule has 0 bridgehead atoms. The van der Waals surface area contributed by atoms with Gasteiger partial charge >= 0.3 is 0 Å². The Morgan fingerprint density at radius 2 is 2.22 bits per heavy atom. The minimum absolute atomic E-state index is 0.0779. The van der Waals surface area contributed by atoms with Gasteiger partial charge in [-0.05, 0) is 18.9 Å². The fourth-order valence-electron chi connectivity index (χ4n) is 1.83. The molecule has 0 spiro atoms. The van der Waals surface area contributed by atoms with Gasteiger partial charge in [0.2, 0.25) is 5.91 Å². The van der Waals surface area contributed by atoms with E-state index in [0.717, 1.165) is 12.0 Å². The molecular weight excluding hydrogens is 244 g/mol. The van der Waals surface area contributed by atoms with Crippen LogP contribution < -0.4 is 11.1 Å². The molecule has 0 heterocycles. The average molecular weight is 264 g/mol. The van der Waals surface area contributed by atoms with Gasteiger partial charge in [0, 0.05) is 6.54 Å². The summed E-state index contributed by atoms with van der Waals surface area (Å²) in [5.41, 5.74) is 7.85. The molecule has 0 saturated carbocycles. The van der Waals surface area contributed by atoms with Crippen LogP contribution in [-0.4, -0.2) is 10.9 Å². The summed E-state index contributed by atoms with van der Waals surface area (Å²) in [5, 5.41) is 2.89. The second-order valence-corrected chi connectivity index (χ2v) is 4.92. The summed E-state index contributed by atoms with van der Waals surface area (Å²) in [6, 6.07) is 8.05. The second-order valence-electron chi connectivity index (χ2n) is 4.45. The van der Waals surface area contributed by atoms with E-state index < -0.39 is 0 Å². The Bertz CT molecular complexity index is 432. The molecule has 3 N–H and O–H groups in total. The van der Waals surface area contributed by atoms with Crippen molar-refractivity contribution >= 4 is 23.1 Å². The summed E-state index contributed by atoms with van der Waals surface area (Å²) in [6.45, 7) is 4.56. The van der Waals surface area contributed by atoms with Crippen molar-refractivity contribution in [2.75, 3.05) is 0 Å². The highest BCUT2D eigenvalue weighted by molar-refractivity contribution is 7.80. The van der Waals surface area contributed by atoms with Crippen LogP contribution in [0, 0.1) is 12.8 Å². The van der Waals surface area contributed by atoms with E-state index in [4.69, 9.17) is 18.0 Å². The Morgan fingerprint density at radius 3 is 2.78 bits per heavy atom. The topological polar surface area (TPSA) is 55.1 Å². The predicted octanol–water partition coefficient (Wildman–Crippen LogP) is 2.31. The highest BCUT2D eigenvalue weighted by Gasteiger charge is 2.19. The molecular formula is C14H20N2OS. The Kier molecular flexibility index (Phi) is 5.78. The first-order valence-electron chi connectivity index (χ1n) is 6.17. The van der Waals surface area contributed by atoms with E-state index in [9.17, 15) is 4.79 Å². The third-order valence-electron chi connectivity index (χ3n) is 2.79. The monoisotopic (exact) mass is 264 g/mol. The normalized spacial score (nSPS) is 11.9. The number of amides is 1. The van der Waals surface area contributed by atoms with Crippen LogP contribution in [0.3, 0.4) is 0 Å². The number of carbonyl (C=O) groups excluding carboxylic acids is 1. The highest BCUT2D eigenvalue weighted by Crippen LogP contribution is 2.08. The lowest BCUT2D eigenvalue weighted by atomic mass is 10.0. The number of hydrogen-bond acceptors (Lipinski definition) is 2. The number of hydrogen-bond donors (Lipinski definition) is 2. The summed E-state index contributed by atoms with van der Waals surface area (Å²) >= 11 is 4.93. The summed E-state index contributed by atoms with van der Waals surface area (Å²) < 4.78 is 0. The summed E-state index contributed by atoms with van der Waals surface area (Å²) in [6.07, 6.45) is 1.59. The maximum Gasteiger partial charge on any atom is 0.230 e. The van der Waals surface area contributed by atoms with Gasteiger partial charge < -0.3 is 11.1 Å². The summed E-state index contributed by atoms with van der Waals surface area (Å²) in [5.74, 6) is -0.430. The molecule has 0 fully saturated rings. The van der Waals surface area contributed by atoms with Crippen molar-refractivity contribution in [1.29, 1.82) is 0 Å². The number of thiocarbonyl (C=S) groups is 1. The number of nitrogens with one attached hydrogen (secondary N) is 1. The van der Waals surface area contributed by atoms with E-state index >= 15 is 0 Å². The van der Waals surface area contributed by atoms with E-state index in [1.165, 1.54) is 5.56 Å². The van der Waals surface area contributed by atoms with Gasteiger partial charge in [0.25, 0.3) is 0 Å². The molecule has 1 atom stereocenters. The molecule has 98 valence electrons.